The maximum Gasteiger partial charge on any atom is 0.215 e. The zero-order valence-electron chi connectivity index (χ0n) is 5.90. The molecule has 11 heavy (non-hydrogen) atoms. The molecule has 0 saturated carbocycles. The Bertz CT molecular complexity index is 394. The topological polar surface area (TPSA) is 77.8 Å². The molecular weight excluding hydrogens is 144 g/mol. The van der Waals surface area contributed by atoms with Crippen LogP contribution in [-0.2, 0) is 0 Å². The molecule has 0 amide bonds. The van der Waals surface area contributed by atoms with Crippen molar-refractivity contribution in [2.24, 2.45) is 0 Å². The van der Waals surface area contributed by atoms with Crippen LogP contribution in [0.3, 0.4) is 0 Å². The Morgan fingerprint density at radius 2 is 2.27 bits per heavy atom. The van der Waals surface area contributed by atoms with Crippen LogP contribution in [0.2, 0.25) is 0 Å². The normalized spacial score (nSPS) is 10.6. The molecule has 2 rings (SSSR count). The second-order valence-electron chi connectivity index (χ2n) is 2.16. The average molecular weight is 150 g/mol. The fourth-order valence-electron chi connectivity index (χ4n) is 0.898. The van der Waals surface area contributed by atoms with Gasteiger partial charge in [-0.3, -0.25) is 0 Å². The predicted octanol–water partition coefficient (Wildman–Crippen LogP) is 0.508. The van der Waals surface area contributed by atoms with Gasteiger partial charge in [0, 0.05) is 0 Å². The summed E-state index contributed by atoms with van der Waals surface area (Å²) in [6, 6.07) is 0. The minimum atomic E-state index is 0.338. The van der Waals surface area contributed by atoms with Gasteiger partial charge in [-0.15, -0.1) is 0 Å². The van der Waals surface area contributed by atoms with E-state index >= 15 is 0 Å². The van der Waals surface area contributed by atoms with Crippen molar-refractivity contribution in [3.05, 3.63) is 12.2 Å². The van der Waals surface area contributed by atoms with Crippen LogP contribution in [0.15, 0.2) is 10.8 Å². The maximum atomic E-state index is 5.52. The predicted molar refractivity (Wildman–Crippen MR) is 38.7 cm³/mol. The highest BCUT2D eigenvalue weighted by Gasteiger charge is 2.05. The smallest absolute Gasteiger partial charge is 0.215 e. The molecule has 5 nitrogen and oxygen atoms in total. The number of nitrogen functional groups attached to an aromatic ring is 1. The van der Waals surface area contributed by atoms with Crippen LogP contribution in [0.5, 0.6) is 0 Å². The van der Waals surface area contributed by atoms with E-state index in [-0.39, 0.29) is 0 Å². The van der Waals surface area contributed by atoms with Gasteiger partial charge in [0.2, 0.25) is 11.2 Å². The van der Waals surface area contributed by atoms with Crippen molar-refractivity contribution in [1.82, 2.24) is 15.0 Å². The molecule has 0 fully saturated rings. The van der Waals surface area contributed by atoms with Crippen LogP contribution < -0.4 is 5.73 Å². The summed E-state index contributed by atoms with van der Waals surface area (Å²) >= 11 is 0. The summed E-state index contributed by atoms with van der Waals surface area (Å²) in [7, 11) is 0. The number of hydrogen-bond donors (Lipinski definition) is 1. The monoisotopic (exact) mass is 150 g/mol. The van der Waals surface area contributed by atoms with Crippen molar-refractivity contribution in [1.29, 1.82) is 0 Å². The molecule has 56 valence electrons. The van der Waals surface area contributed by atoms with E-state index in [1.165, 1.54) is 6.39 Å². The Hall–Kier alpha value is -1.65. The standard InChI is InChI=1S/C6H6N4O/c1-3-9-5(7)4-6(10-3)8-2-11-4/h2H,1H3,(H2,7,9,10). The van der Waals surface area contributed by atoms with E-state index in [1.54, 1.807) is 6.92 Å². The number of aromatic nitrogens is 3. The summed E-state index contributed by atoms with van der Waals surface area (Å²) < 4.78 is 4.94. The van der Waals surface area contributed by atoms with E-state index in [2.05, 4.69) is 15.0 Å². The lowest BCUT2D eigenvalue weighted by molar-refractivity contribution is 0.602. The third-order valence-corrected chi connectivity index (χ3v) is 1.33. The van der Waals surface area contributed by atoms with Crippen molar-refractivity contribution in [3.8, 4) is 0 Å². The van der Waals surface area contributed by atoms with Crippen molar-refractivity contribution >= 4 is 17.0 Å². The van der Waals surface area contributed by atoms with Crippen molar-refractivity contribution < 1.29 is 4.42 Å². The molecule has 0 atom stereocenters. The van der Waals surface area contributed by atoms with Gasteiger partial charge in [0.1, 0.15) is 5.82 Å². The molecule has 0 aliphatic heterocycles. The summed E-state index contributed by atoms with van der Waals surface area (Å²) in [6.07, 6.45) is 1.30. The Kier molecular flexibility index (Phi) is 1.06. The third-order valence-electron chi connectivity index (χ3n) is 1.33. The number of nitrogens with two attached hydrogens (primary N) is 1. The van der Waals surface area contributed by atoms with E-state index in [9.17, 15) is 0 Å². The third kappa shape index (κ3) is 0.813. The van der Waals surface area contributed by atoms with Gasteiger partial charge in [0.25, 0.3) is 0 Å². The van der Waals surface area contributed by atoms with Crippen molar-refractivity contribution in [3.63, 3.8) is 0 Å². The lowest BCUT2D eigenvalue weighted by Gasteiger charge is -1.92. The van der Waals surface area contributed by atoms with Gasteiger partial charge in [-0.25, -0.2) is 9.97 Å². The Balaban J connectivity index is 2.91. The summed E-state index contributed by atoms with van der Waals surface area (Å²) in [5.74, 6) is 0.939. The second kappa shape index (κ2) is 1.91. The van der Waals surface area contributed by atoms with Crippen LogP contribution >= 0.6 is 0 Å². The molecular formula is C6H6N4O. The summed E-state index contributed by atoms with van der Waals surface area (Å²) in [5.41, 5.74) is 6.48. The second-order valence-corrected chi connectivity index (χ2v) is 2.16. The first-order valence-electron chi connectivity index (χ1n) is 3.10. The zero-order chi connectivity index (χ0) is 7.84. The molecule has 2 heterocycles. The van der Waals surface area contributed by atoms with E-state index in [0.29, 0.717) is 22.9 Å². The Morgan fingerprint density at radius 3 is 3.09 bits per heavy atom. The van der Waals surface area contributed by atoms with Crippen LogP contribution in [-0.4, -0.2) is 15.0 Å². The van der Waals surface area contributed by atoms with E-state index in [1.807, 2.05) is 0 Å². The first kappa shape index (κ1) is 6.09. The van der Waals surface area contributed by atoms with Gasteiger partial charge in [-0.05, 0) is 6.92 Å². The van der Waals surface area contributed by atoms with Gasteiger partial charge in [0.05, 0.1) is 0 Å². The lowest BCUT2D eigenvalue weighted by Crippen LogP contribution is -1.95. The van der Waals surface area contributed by atoms with E-state index < -0.39 is 0 Å². The quantitative estimate of drug-likeness (QED) is 0.591. The molecule has 2 aromatic heterocycles. The zero-order valence-corrected chi connectivity index (χ0v) is 5.90. The number of fused-ring (bicyclic) bond motifs is 1. The van der Waals surface area contributed by atoms with Gasteiger partial charge < -0.3 is 10.2 Å². The molecule has 0 aromatic carbocycles. The molecule has 0 unspecified atom stereocenters. The molecule has 0 bridgehead atoms. The van der Waals surface area contributed by atoms with Crippen LogP contribution in [0.4, 0.5) is 5.82 Å². The first-order valence-corrected chi connectivity index (χ1v) is 3.10. The SMILES string of the molecule is Cc1nc(N)c2ocnc2n1. The van der Waals surface area contributed by atoms with Crippen molar-refractivity contribution in [2.75, 3.05) is 5.73 Å². The molecule has 0 radical (unpaired) electrons. The maximum absolute atomic E-state index is 5.52. The Morgan fingerprint density at radius 1 is 1.45 bits per heavy atom. The fourth-order valence-corrected chi connectivity index (χ4v) is 0.898. The van der Waals surface area contributed by atoms with Crippen molar-refractivity contribution in [2.45, 2.75) is 6.92 Å². The summed E-state index contributed by atoms with van der Waals surface area (Å²) in [4.78, 5) is 11.8. The highest BCUT2D eigenvalue weighted by Crippen LogP contribution is 2.14. The highest BCUT2D eigenvalue weighted by molar-refractivity contribution is 5.78. The average Bonchev–Trinajstić information content (AvgIpc) is 2.34. The number of oxazole rings is 1. The molecule has 2 aromatic rings. The highest BCUT2D eigenvalue weighted by atomic mass is 16.3. The molecule has 0 aliphatic rings. The van der Waals surface area contributed by atoms with Crippen LogP contribution in [0.25, 0.3) is 11.2 Å². The summed E-state index contributed by atoms with van der Waals surface area (Å²) in [6.45, 7) is 1.75. The first-order chi connectivity index (χ1) is 5.27. The molecule has 0 saturated heterocycles. The van der Waals surface area contributed by atoms with E-state index in [0.717, 1.165) is 0 Å². The number of rotatable bonds is 0. The molecule has 2 N–H and O–H groups in total. The number of nitrogens with zero attached hydrogens (tertiary/aromatic N) is 3. The van der Waals surface area contributed by atoms with Crippen LogP contribution in [0.1, 0.15) is 5.82 Å². The largest absolute Gasteiger partial charge is 0.438 e. The van der Waals surface area contributed by atoms with Gasteiger partial charge in [-0.2, -0.15) is 4.98 Å². The molecule has 5 heteroatoms. The van der Waals surface area contributed by atoms with Crippen LogP contribution in [0, 0.1) is 6.92 Å². The van der Waals surface area contributed by atoms with E-state index in [4.69, 9.17) is 10.2 Å². The minimum absolute atomic E-state index is 0.338. The molecule has 0 aliphatic carbocycles. The Labute approximate surface area is 62.3 Å². The number of hydrogen-bond acceptors (Lipinski definition) is 5. The minimum Gasteiger partial charge on any atom is -0.438 e. The molecule has 0 spiro atoms. The lowest BCUT2D eigenvalue weighted by atomic mass is 10.5. The number of anilines is 1. The fraction of sp³-hybridized carbons (Fsp3) is 0.167. The number of aryl methyl sites for hydroxylation is 1. The van der Waals surface area contributed by atoms with Gasteiger partial charge in [-0.1, -0.05) is 0 Å². The summed E-state index contributed by atoms with van der Waals surface area (Å²) in [5, 5.41) is 0. The van der Waals surface area contributed by atoms with Gasteiger partial charge in [0.15, 0.2) is 12.2 Å². The van der Waals surface area contributed by atoms with Gasteiger partial charge >= 0.3 is 0 Å².